The summed E-state index contributed by atoms with van der Waals surface area (Å²) in [5.74, 6) is -0.751. The maximum atomic E-state index is 11.7. The molecule has 2 rings (SSSR count). The molecule has 5 nitrogen and oxygen atoms in total. The van der Waals surface area contributed by atoms with Crippen LogP contribution < -0.4 is 5.01 Å². The van der Waals surface area contributed by atoms with Crippen LogP contribution in [-0.2, 0) is 14.3 Å². The summed E-state index contributed by atoms with van der Waals surface area (Å²) in [7, 11) is 0. The first-order valence-corrected chi connectivity index (χ1v) is 5.35. The van der Waals surface area contributed by atoms with E-state index in [2.05, 4.69) is 5.10 Å². The van der Waals surface area contributed by atoms with Gasteiger partial charge in [0.25, 0.3) is 5.91 Å². The maximum absolute atomic E-state index is 11.7. The number of esters is 1. The number of carbonyl (C=O) groups is 2. The molecule has 1 aromatic rings. The lowest BCUT2D eigenvalue weighted by Crippen LogP contribution is -2.19. The number of hydrogen-bond acceptors (Lipinski definition) is 4. The highest BCUT2D eigenvalue weighted by Crippen LogP contribution is 2.20. The summed E-state index contributed by atoms with van der Waals surface area (Å²) in [6.45, 7) is 1.99. The molecule has 0 aromatic heterocycles. The van der Waals surface area contributed by atoms with Gasteiger partial charge in [-0.3, -0.25) is 4.79 Å². The first kappa shape index (κ1) is 11.3. The molecule has 1 aliphatic heterocycles. The molecule has 1 aliphatic rings. The van der Waals surface area contributed by atoms with Crippen LogP contribution in [0, 0.1) is 0 Å². The predicted octanol–water partition coefficient (Wildman–Crippen LogP) is 1.34. The third-order valence-corrected chi connectivity index (χ3v) is 2.29. The minimum atomic E-state index is -0.528. The standard InChI is InChI=1S/C12H12N2O3/c1-2-17-12(16)10-8-11(15)14(13-10)9-6-4-3-5-7-9/h3-7H,2,8H2,1H3. The fourth-order valence-electron chi connectivity index (χ4n) is 1.53. The molecule has 0 spiro atoms. The van der Waals surface area contributed by atoms with E-state index in [9.17, 15) is 9.59 Å². The topological polar surface area (TPSA) is 59.0 Å². The van der Waals surface area contributed by atoms with Gasteiger partial charge in [0.15, 0.2) is 5.71 Å². The van der Waals surface area contributed by atoms with E-state index in [0.29, 0.717) is 5.69 Å². The summed E-state index contributed by atoms with van der Waals surface area (Å²) in [4.78, 5) is 23.1. The van der Waals surface area contributed by atoms with Gasteiger partial charge in [-0.25, -0.2) is 4.79 Å². The molecule has 0 saturated carbocycles. The van der Waals surface area contributed by atoms with E-state index in [4.69, 9.17) is 4.74 Å². The Kier molecular flexibility index (Phi) is 3.18. The second-order valence-electron chi connectivity index (χ2n) is 3.49. The quantitative estimate of drug-likeness (QED) is 0.739. The van der Waals surface area contributed by atoms with Crippen LogP contribution in [0.3, 0.4) is 0 Å². The number of nitrogens with zero attached hydrogens (tertiary/aromatic N) is 2. The van der Waals surface area contributed by atoms with Gasteiger partial charge < -0.3 is 4.74 Å². The number of benzene rings is 1. The van der Waals surface area contributed by atoms with E-state index < -0.39 is 5.97 Å². The number of para-hydroxylation sites is 1. The third kappa shape index (κ3) is 2.33. The van der Waals surface area contributed by atoms with Gasteiger partial charge in [0.2, 0.25) is 0 Å². The molecule has 17 heavy (non-hydrogen) atoms. The Morgan fingerprint density at radius 1 is 1.41 bits per heavy atom. The number of hydrazone groups is 1. The van der Waals surface area contributed by atoms with Gasteiger partial charge in [0.1, 0.15) is 0 Å². The summed E-state index contributed by atoms with van der Waals surface area (Å²) < 4.78 is 4.81. The fourth-order valence-corrected chi connectivity index (χ4v) is 1.53. The minimum absolute atomic E-state index is 0.00622. The highest BCUT2D eigenvalue weighted by atomic mass is 16.5. The van der Waals surface area contributed by atoms with Gasteiger partial charge in [0, 0.05) is 0 Å². The van der Waals surface area contributed by atoms with E-state index in [1.807, 2.05) is 6.07 Å². The number of ether oxygens (including phenoxy) is 1. The molecule has 0 unspecified atom stereocenters. The number of carbonyl (C=O) groups excluding carboxylic acids is 2. The van der Waals surface area contributed by atoms with Crippen LogP contribution in [0.1, 0.15) is 13.3 Å². The average Bonchev–Trinajstić information content (AvgIpc) is 2.73. The third-order valence-electron chi connectivity index (χ3n) is 2.29. The van der Waals surface area contributed by atoms with Crippen LogP contribution in [0.25, 0.3) is 0 Å². The van der Waals surface area contributed by atoms with Gasteiger partial charge in [-0.1, -0.05) is 18.2 Å². The molecule has 88 valence electrons. The molecule has 0 bridgehead atoms. The van der Waals surface area contributed by atoms with E-state index >= 15 is 0 Å². The van der Waals surface area contributed by atoms with Crippen LogP contribution in [0.2, 0.25) is 0 Å². The SMILES string of the molecule is CCOC(=O)C1=NN(c2ccccc2)C(=O)C1. The van der Waals surface area contributed by atoms with E-state index in [-0.39, 0.29) is 24.6 Å². The summed E-state index contributed by atoms with van der Waals surface area (Å²) in [6.07, 6.45) is -0.00622. The van der Waals surface area contributed by atoms with Crippen molar-refractivity contribution in [1.82, 2.24) is 0 Å². The number of amides is 1. The Bertz CT molecular complexity index is 468. The van der Waals surface area contributed by atoms with E-state index in [1.165, 1.54) is 5.01 Å². The van der Waals surface area contributed by atoms with Gasteiger partial charge in [-0.15, -0.1) is 0 Å². The molecule has 0 N–H and O–H groups in total. The Morgan fingerprint density at radius 2 is 2.12 bits per heavy atom. The second-order valence-corrected chi connectivity index (χ2v) is 3.49. The largest absolute Gasteiger partial charge is 0.461 e. The smallest absolute Gasteiger partial charge is 0.355 e. The zero-order valence-electron chi connectivity index (χ0n) is 9.42. The monoisotopic (exact) mass is 232 g/mol. The highest BCUT2D eigenvalue weighted by molar-refractivity contribution is 6.42. The molecular weight excluding hydrogens is 220 g/mol. The van der Waals surface area contributed by atoms with E-state index in [0.717, 1.165) is 0 Å². The molecule has 5 heteroatoms. The average molecular weight is 232 g/mol. The molecule has 1 aromatic carbocycles. The zero-order chi connectivity index (χ0) is 12.3. The molecule has 0 fully saturated rings. The van der Waals surface area contributed by atoms with Gasteiger partial charge >= 0.3 is 5.97 Å². The Labute approximate surface area is 98.7 Å². The van der Waals surface area contributed by atoms with Crippen molar-refractivity contribution >= 4 is 23.3 Å². The minimum Gasteiger partial charge on any atom is -0.461 e. The van der Waals surface area contributed by atoms with Crippen LogP contribution in [0.5, 0.6) is 0 Å². The Balaban J connectivity index is 2.20. The summed E-state index contributed by atoms with van der Waals surface area (Å²) in [5.41, 5.74) is 0.803. The van der Waals surface area contributed by atoms with Crippen LogP contribution >= 0.6 is 0 Å². The second kappa shape index (κ2) is 4.78. The zero-order valence-corrected chi connectivity index (χ0v) is 9.42. The fraction of sp³-hybridized carbons (Fsp3) is 0.250. The van der Waals surface area contributed by atoms with Crippen LogP contribution in [-0.4, -0.2) is 24.2 Å². The molecule has 0 saturated heterocycles. The number of rotatable bonds is 3. The highest BCUT2D eigenvalue weighted by Gasteiger charge is 2.29. The lowest BCUT2D eigenvalue weighted by atomic mass is 10.2. The van der Waals surface area contributed by atoms with Crippen molar-refractivity contribution in [1.29, 1.82) is 0 Å². The molecule has 1 amide bonds. The van der Waals surface area contributed by atoms with Crippen molar-refractivity contribution in [3.63, 3.8) is 0 Å². The van der Waals surface area contributed by atoms with Crippen LogP contribution in [0.15, 0.2) is 35.4 Å². The first-order chi connectivity index (χ1) is 8.22. The van der Waals surface area contributed by atoms with Crippen molar-refractivity contribution < 1.29 is 14.3 Å². The molecule has 1 heterocycles. The number of hydrogen-bond donors (Lipinski definition) is 0. The van der Waals surface area contributed by atoms with Gasteiger partial charge in [-0.2, -0.15) is 10.1 Å². The first-order valence-electron chi connectivity index (χ1n) is 5.35. The Hall–Kier alpha value is -2.17. The van der Waals surface area contributed by atoms with Crippen LogP contribution in [0.4, 0.5) is 5.69 Å². The Morgan fingerprint density at radius 3 is 2.76 bits per heavy atom. The maximum Gasteiger partial charge on any atom is 0.355 e. The van der Waals surface area contributed by atoms with Crippen molar-refractivity contribution in [2.24, 2.45) is 5.10 Å². The predicted molar refractivity (Wildman–Crippen MR) is 62.6 cm³/mol. The molecular formula is C12H12N2O3. The van der Waals surface area contributed by atoms with Crippen molar-refractivity contribution in [3.05, 3.63) is 30.3 Å². The lowest BCUT2D eigenvalue weighted by Gasteiger charge is -2.10. The number of anilines is 1. The van der Waals surface area contributed by atoms with Crippen molar-refractivity contribution in [2.45, 2.75) is 13.3 Å². The summed E-state index contributed by atoms with van der Waals surface area (Å²) >= 11 is 0. The van der Waals surface area contributed by atoms with Gasteiger partial charge in [0.05, 0.1) is 18.7 Å². The molecule has 0 aliphatic carbocycles. The molecule has 0 atom stereocenters. The van der Waals surface area contributed by atoms with Crippen molar-refractivity contribution in [2.75, 3.05) is 11.6 Å². The van der Waals surface area contributed by atoms with Crippen molar-refractivity contribution in [3.8, 4) is 0 Å². The molecule has 0 radical (unpaired) electrons. The normalized spacial score (nSPS) is 14.8. The lowest BCUT2D eigenvalue weighted by molar-refractivity contribution is -0.135. The van der Waals surface area contributed by atoms with Gasteiger partial charge in [-0.05, 0) is 19.1 Å². The van der Waals surface area contributed by atoms with E-state index in [1.54, 1.807) is 31.2 Å². The summed E-state index contributed by atoms with van der Waals surface area (Å²) in [6, 6.07) is 8.98. The summed E-state index contributed by atoms with van der Waals surface area (Å²) in [5, 5.41) is 5.21.